The molecule has 2 aromatic heterocycles. The van der Waals surface area contributed by atoms with Gasteiger partial charge in [0.05, 0.1) is 7.11 Å². The van der Waals surface area contributed by atoms with Crippen molar-refractivity contribution in [3.05, 3.63) is 12.0 Å². The molecule has 1 fully saturated rings. The molecule has 1 saturated heterocycles. The molecular weight excluding hydrogens is 403 g/mol. The number of hydrogen-bond donors (Lipinski definition) is 2. The summed E-state index contributed by atoms with van der Waals surface area (Å²) in [5, 5.41) is 17.7. The van der Waals surface area contributed by atoms with Gasteiger partial charge in [0.1, 0.15) is 17.3 Å². The van der Waals surface area contributed by atoms with E-state index in [1.165, 1.54) is 7.11 Å². The number of hydrogen-bond acceptors (Lipinski definition) is 8. The highest BCUT2D eigenvalue weighted by Gasteiger charge is 2.58. The maximum absolute atomic E-state index is 13.7. The molecule has 30 heavy (non-hydrogen) atoms. The zero-order chi connectivity index (χ0) is 21.5. The fraction of sp³-hybridized carbons (Fsp3) is 0.632. The molecule has 0 aliphatic carbocycles. The first kappa shape index (κ1) is 20.7. The molecule has 3 N–H and O–H groups in total. The van der Waals surface area contributed by atoms with Gasteiger partial charge in [-0.3, -0.25) is 0 Å². The lowest BCUT2D eigenvalue weighted by Crippen LogP contribution is -2.42. The summed E-state index contributed by atoms with van der Waals surface area (Å²) < 4.78 is 51.8. The summed E-state index contributed by atoms with van der Waals surface area (Å²) in [6.07, 6.45) is -1.26. The Morgan fingerprint density at radius 2 is 2.00 bits per heavy atom. The Morgan fingerprint density at radius 3 is 2.73 bits per heavy atom. The molecule has 2 aromatic rings. The number of nitrogen functional groups attached to an aromatic ring is 1. The Balaban J connectivity index is 1.86. The Morgan fingerprint density at radius 1 is 1.23 bits per heavy atom. The third-order valence-corrected chi connectivity index (χ3v) is 5.92. The first-order chi connectivity index (χ1) is 14.2. The zero-order valence-corrected chi connectivity index (χ0v) is 16.6. The number of pyridine rings is 1. The van der Waals surface area contributed by atoms with E-state index in [0.29, 0.717) is 18.0 Å². The van der Waals surface area contributed by atoms with Crippen LogP contribution < -0.4 is 15.4 Å². The van der Waals surface area contributed by atoms with Gasteiger partial charge in [0, 0.05) is 18.7 Å². The first-order valence-electron chi connectivity index (χ1n) is 9.99. The number of nitrogens with zero attached hydrogens (tertiary/aromatic N) is 4. The van der Waals surface area contributed by atoms with Gasteiger partial charge in [-0.15, -0.1) is 10.2 Å². The van der Waals surface area contributed by atoms with Gasteiger partial charge < -0.3 is 24.9 Å². The van der Waals surface area contributed by atoms with Crippen LogP contribution in [0.1, 0.15) is 50.8 Å². The first-order valence-corrected chi connectivity index (χ1v) is 9.99. The van der Waals surface area contributed by atoms with Gasteiger partial charge in [0.15, 0.2) is 5.69 Å². The predicted molar refractivity (Wildman–Crippen MR) is 102 cm³/mol. The third-order valence-electron chi connectivity index (χ3n) is 5.92. The minimum atomic E-state index is -4.96. The summed E-state index contributed by atoms with van der Waals surface area (Å²) >= 11 is 0. The SMILES string of the molecule is COc1cc2nc(c1N)-c1nnc(o1)C(O)(C(F)(F)F)CCCCC[C@@H]1CCCN21. The van der Waals surface area contributed by atoms with Gasteiger partial charge >= 0.3 is 6.18 Å². The van der Waals surface area contributed by atoms with Crippen LogP contribution in [-0.4, -0.2) is 46.2 Å². The number of aromatic nitrogens is 3. The van der Waals surface area contributed by atoms with Crippen LogP contribution in [0.15, 0.2) is 10.5 Å². The second-order valence-corrected chi connectivity index (χ2v) is 7.80. The highest BCUT2D eigenvalue weighted by atomic mass is 19.4. The Kier molecular flexibility index (Phi) is 5.25. The van der Waals surface area contributed by atoms with Crippen LogP contribution in [0.2, 0.25) is 0 Å². The summed E-state index contributed by atoms with van der Waals surface area (Å²) in [6, 6.07) is 1.94. The molecule has 8 nitrogen and oxygen atoms in total. The molecule has 0 saturated carbocycles. The highest BCUT2D eigenvalue weighted by Crippen LogP contribution is 2.44. The van der Waals surface area contributed by atoms with Crippen molar-refractivity contribution in [1.29, 1.82) is 0 Å². The topological polar surface area (TPSA) is 111 Å². The molecule has 0 radical (unpaired) electrons. The Bertz CT molecular complexity index is 919. The lowest BCUT2D eigenvalue weighted by atomic mass is 9.94. The monoisotopic (exact) mass is 427 g/mol. The van der Waals surface area contributed by atoms with Crippen LogP contribution in [0, 0.1) is 0 Å². The molecule has 2 atom stereocenters. The smallest absolute Gasteiger partial charge is 0.426 e. The van der Waals surface area contributed by atoms with E-state index >= 15 is 0 Å². The molecule has 0 amide bonds. The molecule has 0 spiro atoms. The number of rotatable bonds is 1. The second kappa shape index (κ2) is 7.60. The summed E-state index contributed by atoms with van der Waals surface area (Å²) in [5.41, 5.74) is 3.01. The maximum Gasteiger partial charge on any atom is 0.426 e. The van der Waals surface area contributed by atoms with E-state index < -0.39 is 24.1 Å². The van der Waals surface area contributed by atoms with E-state index in [-0.39, 0.29) is 29.7 Å². The Hall–Kier alpha value is -2.56. The van der Waals surface area contributed by atoms with Crippen molar-refractivity contribution in [2.45, 2.75) is 62.8 Å². The number of alkyl halides is 3. The average Bonchev–Trinajstić information content (AvgIpc) is 3.36. The normalized spacial score (nSPS) is 25.0. The number of nitrogens with two attached hydrogens (primary N) is 1. The fourth-order valence-corrected chi connectivity index (χ4v) is 4.23. The highest BCUT2D eigenvalue weighted by molar-refractivity contribution is 5.75. The predicted octanol–water partition coefficient (Wildman–Crippen LogP) is 3.41. The van der Waals surface area contributed by atoms with Crippen LogP contribution in [-0.2, 0) is 5.60 Å². The van der Waals surface area contributed by atoms with E-state index in [2.05, 4.69) is 20.1 Å². The van der Waals surface area contributed by atoms with Crippen molar-refractivity contribution < 1.29 is 27.4 Å². The summed E-state index contributed by atoms with van der Waals surface area (Å²) in [6.45, 7) is 0.813. The number of aliphatic hydroxyl groups is 1. The standard InChI is InChI=1S/C19H24F3N5O3/c1-29-12-10-13-24-15(14(12)23)16-25-26-17(30-16)18(28,19(20,21)22)8-4-2-3-6-11-7-5-9-27(11)13/h10-11,28H,2-9,23H2,1H3/t11-,18?/m1/s1. The van der Waals surface area contributed by atoms with Gasteiger partial charge in [-0.05, 0) is 32.1 Å². The number of anilines is 2. The van der Waals surface area contributed by atoms with Gasteiger partial charge in [0.2, 0.25) is 5.60 Å². The van der Waals surface area contributed by atoms with E-state index in [4.69, 9.17) is 14.9 Å². The lowest BCUT2D eigenvalue weighted by Gasteiger charge is -2.28. The number of halogens is 3. The summed E-state index contributed by atoms with van der Waals surface area (Å²) in [7, 11) is 1.45. The lowest BCUT2D eigenvalue weighted by molar-refractivity contribution is -0.277. The van der Waals surface area contributed by atoms with Gasteiger partial charge in [-0.1, -0.05) is 12.8 Å². The quantitative estimate of drug-likeness (QED) is 0.713. The summed E-state index contributed by atoms with van der Waals surface area (Å²) in [5.74, 6) is -0.287. The molecule has 2 aliphatic rings. The minimum absolute atomic E-state index is 0.0373. The van der Waals surface area contributed by atoms with Crippen molar-refractivity contribution in [1.82, 2.24) is 15.2 Å². The Labute approximate surface area is 171 Å². The van der Waals surface area contributed by atoms with Gasteiger partial charge in [-0.2, -0.15) is 13.2 Å². The molecule has 1 unspecified atom stereocenters. The molecular formula is C19H24F3N5O3. The van der Waals surface area contributed by atoms with E-state index in [9.17, 15) is 18.3 Å². The van der Waals surface area contributed by atoms with Crippen molar-refractivity contribution in [2.75, 3.05) is 24.3 Å². The van der Waals surface area contributed by atoms with Crippen LogP contribution in [0.3, 0.4) is 0 Å². The van der Waals surface area contributed by atoms with Crippen LogP contribution in [0.25, 0.3) is 11.6 Å². The number of fused-ring (bicyclic) bond motifs is 7. The number of methoxy groups -OCH3 is 1. The van der Waals surface area contributed by atoms with Crippen LogP contribution >= 0.6 is 0 Å². The average molecular weight is 427 g/mol. The van der Waals surface area contributed by atoms with Crippen molar-refractivity contribution in [3.63, 3.8) is 0 Å². The van der Waals surface area contributed by atoms with Crippen LogP contribution in [0.5, 0.6) is 5.75 Å². The van der Waals surface area contributed by atoms with E-state index in [1.54, 1.807) is 6.07 Å². The molecule has 4 bridgehead atoms. The summed E-state index contributed by atoms with van der Waals surface area (Å²) in [4.78, 5) is 6.70. The molecule has 4 heterocycles. The van der Waals surface area contributed by atoms with E-state index in [0.717, 1.165) is 32.2 Å². The molecule has 164 valence electrons. The van der Waals surface area contributed by atoms with Crippen molar-refractivity contribution in [2.24, 2.45) is 0 Å². The van der Waals surface area contributed by atoms with Crippen molar-refractivity contribution in [3.8, 4) is 17.3 Å². The third kappa shape index (κ3) is 3.44. The van der Waals surface area contributed by atoms with Crippen LogP contribution in [0.4, 0.5) is 24.7 Å². The number of ether oxygens (including phenoxy) is 1. The fourth-order valence-electron chi connectivity index (χ4n) is 4.23. The molecule has 11 heteroatoms. The molecule has 4 rings (SSSR count). The maximum atomic E-state index is 13.7. The van der Waals surface area contributed by atoms with Gasteiger partial charge in [0.25, 0.3) is 11.8 Å². The largest absolute Gasteiger partial charge is 0.494 e. The minimum Gasteiger partial charge on any atom is -0.494 e. The zero-order valence-electron chi connectivity index (χ0n) is 16.6. The van der Waals surface area contributed by atoms with Crippen molar-refractivity contribution >= 4 is 11.5 Å². The second-order valence-electron chi connectivity index (χ2n) is 7.80. The molecule has 2 aliphatic heterocycles. The molecule has 0 aromatic carbocycles. The van der Waals surface area contributed by atoms with E-state index in [1.807, 2.05) is 0 Å². The van der Waals surface area contributed by atoms with Gasteiger partial charge in [-0.25, -0.2) is 4.98 Å².